The van der Waals surface area contributed by atoms with Crippen molar-refractivity contribution in [2.24, 2.45) is 0 Å². The average Bonchev–Trinajstić information content (AvgIpc) is 2.33. The first-order valence-electron chi connectivity index (χ1n) is 5.38. The molecule has 0 saturated carbocycles. The third kappa shape index (κ3) is 3.42. The Morgan fingerprint density at radius 3 is 2.47 bits per heavy atom. The van der Waals surface area contributed by atoms with Crippen LogP contribution in [-0.2, 0) is 5.75 Å². The number of benzene rings is 2. The lowest BCUT2D eigenvalue weighted by atomic mass is 10.2. The van der Waals surface area contributed by atoms with Gasteiger partial charge >= 0.3 is 0 Å². The molecule has 0 aromatic heterocycles. The van der Waals surface area contributed by atoms with E-state index in [9.17, 15) is 0 Å². The molecule has 0 heterocycles. The molecule has 2 aromatic carbocycles. The van der Waals surface area contributed by atoms with Crippen molar-refractivity contribution in [3.8, 4) is 0 Å². The standard InChI is InChI=1S/C14H14ClNS/c1-10-2-4-11(5-3-10)9-17-12-6-7-14(16)13(15)8-12/h2-8H,9,16H2,1H3. The molecule has 2 rings (SSSR count). The minimum Gasteiger partial charge on any atom is -0.398 e. The van der Waals surface area contributed by atoms with Crippen LogP contribution in [0, 0.1) is 6.92 Å². The maximum absolute atomic E-state index is 5.98. The van der Waals surface area contributed by atoms with E-state index in [1.54, 1.807) is 11.8 Å². The van der Waals surface area contributed by atoms with Crippen molar-refractivity contribution in [2.75, 3.05) is 5.73 Å². The highest BCUT2D eigenvalue weighted by atomic mass is 35.5. The molecule has 1 nitrogen and oxygen atoms in total. The second-order valence-electron chi connectivity index (χ2n) is 3.96. The Hall–Kier alpha value is -1.12. The molecule has 17 heavy (non-hydrogen) atoms. The van der Waals surface area contributed by atoms with Gasteiger partial charge in [0.15, 0.2) is 0 Å². The van der Waals surface area contributed by atoms with Gasteiger partial charge in [-0.3, -0.25) is 0 Å². The molecule has 2 N–H and O–H groups in total. The molecular weight excluding hydrogens is 250 g/mol. The minimum atomic E-state index is 0.624. The lowest BCUT2D eigenvalue weighted by molar-refractivity contribution is 1.35. The number of halogens is 1. The van der Waals surface area contributed by atoms with Crippen LogP contribution in [0.25, 0.3) is 0 Å². The fourth-order valence-electron chi connectivity index (χ4n) is 1.45. The van der Waals surface area contributed by atoms with Crippen LogP contribution < -0.4 is 5.73 Å². The summed E-state index contributed by atoms with van der Waals surface area (Å²) in [5.41, 5.74) is 8.90. The Kier molecular flexibility index (Phi) is 3.97. The van der Waals surface area contributed by atoms with Crippen molar-refractivity contribution < 1.29 is 0 Å². The lowest BCUT2D eigenvalue weighted by Gasteiger charge is -2.04. The first kappa shape index (κ1) is 12.3. The minimum absolute atomic E-state index is 0.624. The van der Waals surface area contributed by atoms with E-state index >= 15 is 0 Å². The van der Waals surface area contributed by atoms with E-state index in [1.165, 1.54) is 11.1 Å². The van der Waals surface area contributed by atoms with Gasteiger partial charge in [-0.25, -0.2) is 0 Å². The number of rotatable bonds is 3. The van der Waals surface area contributed by atoms with E-state index in [0.717, 1.165) is 10.6 Å². The summed E-state index contributed by atoms with van der Waals surface area (Å²) in [6.07, 6.45) is 0. The SMILES string of the molecule is Cc1ccc(CSc2ccc(N)c(Cl)c2)cc1. The molecule has 0 bridgehead atoms. The summed E-state index contributed by atoms with van der Waals surface area (Å²) in [7, 11) is 0. The quantitative estimate of drug-likeness (QED) is 0.651. The summed E-state index contributed by atoms with van der Waals surface area (Å²) in [5, 5.41) is 0.624. The van der Waals surface area contributed by atoms with Crippen molar-refractivity contribution >= 4 is 29.1 Å². The monoisotopic (exact) mass is 263 g/mol. The Labute approximate surface area is 111 Å². The Morgan fingerprint density at radius 1 is 1.12 bits per heavy atom. The molecule has 0 amide bonds. The molecule has 3 heteroatoms. The van der Waals surface area contributed by atoms with Crippen LogP contribution >= 0.6 is 23.4 Å². The van der Waals surface area contributed by atoms with Crippen molar-refractivity contribution in [3.05, 3.63) is 58.6 Å². The molecule has 0 unspecified atom stereocenters. The number of thioether (sulfide) groups is 1. The summed E-state index contributed by atoms with van der Waals surface area (Å²) in [6.45, 7) is 2.09. The van der Waals surface area contributed by atoms with Gasteiger partial charge in [-0.2, -0.15) is 0 Å². The zero-order valence-electron chi connectivity index (χ0n) is 9.61. The van der Waals surface area contributed by atoms with Gasteiger partial charge in [-0.1, -0.05) is 41.4 Å². The third-order valence-corrected chi connectivity index (χ3v) is 3.89. The van der Waals surface area contributed by atoms with E-state index in [1.807, 2.05) is 18.2 Å². The highest BCUT2D eigenvalue weighted by molar-refractivity contribution is 7.98. The number of hydrogen-bond acceptors (Lipinski definition) is 2. The van der Waals surface area contributed by atoms with Gasteiger partial charge in [0, 0.05) is 10.6 Å². The maximum Gasteiger partial charge on any atom is 0.0646 e. The molecule has 88 valence electrons. The molecule has 0 fully saturated rings. The number of aryl methyl sites for hydroxylation is 1. The van der Waals surface area contributed by atoms with Crippen LogP contribution in [0.2, 0.25) is 5.02 Å². The molecule has 2 aromatic rings. The Bertz CT molecular complexity index is 508. The zero-order valence-corrected chi connectivity index (χ0v) is 11.2. The molecule has 0 spiro atoms. The van der Waals surface area contributed by atoms with E-state index in [2.05, 4.69) is 31.2 Å². The molecule has 0 aliphatic rings. The molecule has 0 aliphatic carbocycles. The van der Waals surface area contributed by atoms with Crippen molar-refractivity contribution in [2.45, 2.75) is 17.6 Å². The smallest absolute Gasteiger partial charge is 0.0646 e. The van der Waals surface area contributed by atoms with Gasteiger partial charge in [-0.15, -0.1) is 11.8 Å². The number of nitrogens with two attached hydrogens (primary N) is 1. The highest BCUT2D eigenvalue weighted by Crippen LogP contribution is 2.28. The third-order valence-electron chi connectivity index (χ3n) is 2.50. The summed E-state index contributed by atoms with van der Waals surface area (Å²) >= 11 is 7.74. The van der Waals surface area contributed by atoms with Gasteiger partial charge in [0.05, 0.1) is 10.7 Å². The predicted molar refractivity (Wildman–Crippen MR) is 76.6 cm³/mol. The van der Waals surface area contributed by atoms with Gasteiger partial charge in [0.1, 0.15) is 0 Å². The van der Waals surface area contributed by atoms with E-state index < -0.39 is 0 Å². The van der Waals surface area contributed by atoms with E-state index in [4.69, 9.17) is 17.3 Å². The summed E-state index contributed by atoms with van der Waals surface area (Å²) in [6, 6.07) is 14.3. The number of nitrogen functional groups attached to an aromatic ring is 1. The Balaban J connectivity index is 2.02. The molecular formula is C14H14ClNS. The molecule has 0 aliphatic heterocycles. The summed E-state index contributed by atoms with van der Waals surface area (Å²) in [5.74, 6) is 0.945. The first-order valence-corrected chi connectivity index (χ1v) is 6.75. The van der Waals surface area contributed by atoms with Gasteiger partial charge < -0.3 is 5.73 Å². The van der Waals surface area contributed by atoms with Crippen molar-refractivity contribution in [3.63, 3.8) is 0 Å². The van der Waals surface area contributed by atoms with Gasteiger partial charge in [-0.05, 0) is 30.7 Å². The fraction of sp³-hybridized carbons (Fsp3) is 0.143. The molecule has 0 saturated heterocycles. The topological polar surface area (TPSA) is 26.0 Å². The van der Waals surface area contributed by atoms with Crippen LogP contribution in [-0.4, -0.2) is 0 Å². The zero-order chi connectivity index (χ0) is 12.3. The van der Waals surface area contributed by atoms with Gasteiger partial charge in [0.25, 0.3) is 0 Å². The molecule has 0 radical (unpaired) electrons. The normalized spacial score (nSPS) is 10.5. The number of hydrogen-bond donors (Lipinski definition) is 1. The van der Waals surface area contributed by atoms with E-state index in [0.29, 0.717) is 10.7 Å². The second kappa shape index (κ2) is 5.48. The van der Waals surface area contributed by atoms with Crippen LogP contribution in [0.3, 0.4) is 0 Å². The fourth-order valence-corrected chi connectivity index (χ4v) is 2.59. The van der Waals surface area contributed by atoms with Crippen molar-refractivity contribution in [1.29, 1.82) is 0 Å². The molecule has 0 atom stereocenters. The summed E-state index contributed by atoms with van der Waals surface area (Å²) in [4.78, 5) is 1.14. The van der Waals surface area contributed by atoms with Crippen LogP contribution in [0.5, 0.6) is 0 Å². The lowest BCUT2D eigenvalue weighted by Crippen LogP contribution is -1.86. The maximum atomic E-state index is 5.98. The van der Waals surface area contributed by atoms with E-state index in [-0.39, 0.29) is 0 Å². The number of anilines is 1. The largest absolute Gasteiger partial charge is 0.398 e. The highest BCUT2D eigenvalue weighted by Gasteiger charge is 2.00. The van der Waals surface area contributed by atoms with Gasteiger partial charge in [0.2, 0.25) is 0 Å². The second-order valence-corrected chi connectivity index (χ2v) is 5.41. The summed E-state index contributed by atoms with van der Waals surface area (Å²) < 4.78 is 0. The van der Waals surface area contributed by atoms with Crippen LogP contribution in [0.15, 0.2) is 47.4 Å². The predicted octanol–water partition coefficient (Wildman–Crippen LogP) is 4.52. The van der Waals surface area contributed by atoms with Crippen LogP contribution in [0.4, 0.5) is 5.69 Å². The average molecular weight is 264 g/mol. The van der Waals surface area contributed by atoms with Crippen LogP contribution in [0.1, 0.15) is 11.1 Å². The van der Waals surface area contributed by atoms with Crippen molar-refractivity contribution in [1.82, 2.24) is 0 Å². The Morgan fingerprint density at radius 2 is 1.82 bits per heavy atom. The first-order chi connectivity index (χ1) is 8.15.